The number of dihydropyridines is 1. The quantitative estimate of drug-likeness (QED) is 0.662. The van der Waals surface area contributed by atoms with Gasteiger partial charge in [0.05, 0.1) is 0 Å². The fourth-order valence-electron chi connectivity index (χ4n) is 2.28. The molecule has 2 heterocycles. The van der Waals surface area contributed by atoms with Gasteiger partial charge in [-0.15, -0.1) is 0 Å². The molecule has 5 heteroatoms. The van der Waals surface area contributed by atoms with Crippen molar-refractivity contribution in [2.75, 3.05) is 26.2 Å². The van der Waals surface area contributed by atoms with E-state index in [2.05, 4.69) is 23.7 Å². The second-order valence-electron chi connectivity index (χ2n) is 4.93. The van der Waals surface area contributed by atoms with Crippen LogP contribution >= 0.6 is 0 Å². The molecule has 2 rings (SSSR count). The number of amides is 2. The Hall–Kier alpha value is -1.49. The van der Waals surface area contributed by atoms with Crippen molar-refractivity contribution in [3.8, 4) is 0 Å². The smallest absolute Gasteiger partial charge is 0.262 e. The molecule has 2 aliphatic heterocycles. The van der Waals surface area contributed by atoms with E-state index in [4.69, 9.17) is 0 Å². The standard InChI is InChI=1S/C13H19N3O2/c1-10(2)15-6-8-16(9-7-15)13(18)11-4-3-5-14-12(11)17/h3-5,10-11H,6-9H2,1-2H3. The molecule has 0 aromatic rings. The van der Waals surface area contributed by atoms with Crippen molar-refractivity contribution in [2.24, 2.45) is 10.9 Å². The summed E-state index contributed by atoms with van der Waals surface area (Å²) in [5, 5.41) is 0. The van der Waals surface area contributed by atoms with Crippen LogP contribution in [0.3, 0.4) is 0 Å². The Kier molecular flexibility index (Phi) is 3.91. The molecule has 0 aromatic carbocycles. The molecule has 1 unspecified atom stereocenters. The van der Waals surface area contributed by atoms with E-state index >= 15 is 0 Å². The number of piperazine rings is 1. The normalized spacial score (nSPS) is 24.9. The molecule has 2 aliphatic rings. The lowest BCUT2D eigenvalue weighted by atomic mass is 10.0. The van der Waals surface area contributed by atoms with Gasteiger partial charge in [-0.05, 0) is 19.9 Å². The molecule has 0 spiro atoms. The van der Waals surface area contributed by atoms with Crippen LogP contribution < -0.4 is 0 Å². The maximum Gasteiger partial charge on any atom is 0.262 e. The molecule has 5 nitrogen and oxygen atoms in total. The summed E-state index contributed by atoms with van der Waals surface area (Å²) >= 11 is 0. The summed E-state index contributed by atoms with van der Waals surface area (Å²) in [5.41, 5.74) is 0. The third kappa shape index (κ3) is 2.67. The van der Waals surface area contributed by atoms with E-state index < -0.39 is 5.92 Å². The SMILES string of the molecule is CC(C)N1CCN(C(=O)C2C=CC=NC2=O)CC1. The summed E-state index contributed by atoms with van der Waals surface area (Å²) < 4.78 is 0. The third-order valence-electron chi connectivity index (χ3n) is 3.48. The Bertz CT molecular complexity index is 393. The van der Waals surface area contributed by atoms with Gasteiger partial charge < -0.3 is 4.90 Å². The average molecular weight is 249 g/mol. The third-order valence-corrected chi connectivity index (χ3v) is 3.48. The van der Waals surface area contributed by atoms with Gasteiger partial charge in [0, 0.05) is 38.4 Å². The molecule has 2 amide bonds. The largest absolute Gasteiger partial charge is 0.339 e. The summed E-state index contributed by atoms with van der Waals surface area (Å²) in [5.74, 6) is -1.18. The summed E-state index contributed by atoms with van der Waals surface area (Å²) in [4.78, 5) is 31.5. The van der Waals surface area contributed by atoms with Gasteiger partial charge in [-0.2, -0.15) is 0 Å². The van der Waals surface area contributed by atoms with E-state index in [1.807, 2.05) is 0 Å². The number of rotatable bonds is 2. The number of hydrogen-bond donors (Lipinski definition) is 0. The highest BCUT2D eigenvalue weighted by atomic mass is 16.2. The molecular formula is C13H19N3O2. The fourth-order valence-corrected chi connectivity index (χ4v) is 2.28. The van der Waals surface area contributed by atoms with Crippen LogP contribution in [0.5, 0.6) is 0 Å². The van der Waals surface area contributed by atoms with E-state index in [1.54, 1.807) is 17.1 Å². The van der Waals surface area contributed by atoms with Crippen molar-refractivity contribution in [3.63, 3.8) is 0 Å². The molecule has 0 aromatic heterocycles. The first-order chi connectivity index (χ1) is 8.59. The van der Waals surface area contributed by atoms with Crippen LogP contribution in [-0.2, 0) is 9.59 Å². The Labute approximate surface area is 107 Å². The maximum atomic E-state index is 12.2. The van der Waals surface area contributed by atoms with E-state index in [9.17, 15) is 9.59 Å². The van der Waals surface area contributed by atoms with E-state index in [-0.39, 0.29) is 11.8 Å². The van der Waals surface area contributed by atoms with Gasteiger partial charge in [-0.25, -0.2) is 4.99 Å². The van der Waals surface area contributed by atoms with Crippen LogP contribution in [0.15, 0.2) is 17.1 Å². The molecule has 0 bridgehead atoms. The van der Waals surface area contributed by atoms with E-state index in [1.165, 1.54) is 6.21 Å². The number of carbonyl (C=O) groups is 2. The highest BCUT2D eigenvalue weighted by Gasteiger charge is 2.31. The van der Waals surface area contributed by atoms with Crippen LogP contribution in [0.1, 0.15) is 13.8 Å². The second kappa shape index (κ2) is 5.44. The van der Waals surface area contributed by atoms with Gasteiger partial charge in [-0.1, -0.05) is 6.08 Å². The number of carbonyl (C=O) groups excluding carboxylic acids is 2. The lowest BCUT2D eigenvalue weighted by Crippen LogP contribution is -2.52. The molecule has 18 heavy (non-hydrogen) atoms. The minimum absolute atomic E-state index is 0.114. The van der Waals surface area contributed by atoms with Crippen LogP contribution in [-0.4, -0.2) is 60.0 Å². The van der Waals surface area contributed by atoms with Gasteiger partial charge in [0.2, 0.25) is 5.91 Å². The van der Waals surface area contributed by atoms with Crippen molar-refractivity contribution in [2.45, 2.75) is 19.9 Å². The van der Waals surface area contributed by atoms with Gasteiger partial charge in [-0.3, -0.25) is 14.5 Å². The number of allylic oxidation sites excluding steroid dienone is 1. The summed E-state index contributed by atoms with van der Waals surface area (Å²) in [6.45, 7) is 7.44. The first-order valence-corrected chi connectivity index (χ1v) is 6.37. The Balaban J connectivity index is 1.93. The Morgan fingerprint density at radius 1 is 1.33 bits per heavy atom. The van der Waals surface area contributed by atoms with E-state index in [0.717, 1.165) is 13.1 Å². The van der Waals surface area contributed by atoms with Gasteiger partial charge in [0.15, 0.2) is 0 Å². The summed E-state index contributed by atoms with van der Waals surface area (Å²) in [7, 11) is 0. The van der Waals surface area contributed by atoms with Crippen molar-refractivity contribution >= 4 is 18.0 Å². The van der Waals surface area contributed by atoms with Crippen molar-refractivity contribution < 1.29 is 9.59 Å². The second-order valence-corrected chi connectivity index (χ2v) is 4.93. The van der Waals surface area contributed by atoms with Gasteiger partial charge in [0.25, 0.3) is 5.91 Å². The monoisotopic (exact) mass is 249 g/mol. The predicted molar refractivity (Wildman–Crippen MR) is 69.4 cm³/mol. The van der Waals surface area contributed by atoms with Gasteiger partial charge in [0.1, 0.15) is 5.92 Å². The van der Waals surface area contributed by atoms with Crippen LogP contribution in [0.25, 0.3) is 0 Å². The highest BCUT2D eigenvalue weighted by molar-refractivity contribution is 6.07. The molecule has 1 atom stereocenters. The van der Waals surface area contributed by atoms with E-state index in [0.29, 0.717) is 19.1 Å². The average Bonchev–Trinajstić information content (AvgIpc) is 2.38. The molecule has 98 valence electrons. The van der Waals surface area contributed by atoms with Crippen LogP contribution in [0.4, 0.5) is 0 Å². The summed E-state index contributed by atoms with van der Waals surface area (Å²) in [6, 6.07) is 0.503. The van der Waals surface area contributed by atoms with Crippen molar-refractivity contribution in [1.29, 1.82) is 0 Å². The zero-order chi connectivity index (χ0) is 13.1. The Morgan fingerprint density at radius 2 is 2.00 bits per heavy atom. The molecule has 0 saturated carbocycles. The van der Waals surface area contributed by atoms with Crippen molar-refractivity contribution in [1.82, 2.24) is 9.80 Å². The molecule has 1 saturated heterocycles. The maximum absolute atomic E-state index is 12.2. The Morgan fingerprint density at radius 3 is 2.56 bits per heavy atom. The number of hydrogen-bond acceptors (Lipinski definition) is 3. The lowest BCUT2D eigenvalue weighted by molar-refractivity contribution is -0.140. The summed E-state index contributed by atoms with van der Waals surface area (Å²) in [6.07, 6.45) is 4.73. The highest BCUT2D eigenvalue weighted by Crippen LogP contribution is 2.13. The molecule has 1 fully saturated rings. The molecule has 0 N–H and O–H groups in total. The zero-order valence-corrected chi connectivity index (χ0v) is 10.9. The molecular weight excluding hydrogens is 230 g/mol. The lowest BCUT2D eigenvalue weighted by Gasteiger charge is -2.37. The van der Waals surface area contributed by atoms with Crippen molar-refractivity contribution in [3.05, 3.63) is 12.2 Å². The number of nitrogens with zero attached hydrogens (tertiary/aromatic N) is 3. The minimum Gasteiger partial charge on any atom is -0.339 e. The first kappa shape index (κ1) is 13.0. The van der Waals surface area contributed by atoms with Crippen LogP contribution in [0.2, 0.25) is 0 Å². The minimum atomic E-state index is -0.708. The first-order valence-electron chi connectivity index (χ1n) is 6.37. The molecule has 0 radical (unpaired) electrons. The zero-order valence-electron chi connectivity index (χ0n) is 10.9. The predicted octanol–water partition coefficient (Wildman–Crippen LogP) is 0.322. The van der Waals surface area contributed by atoms with Gasteiger partial charge >= 0.3 is 0 Å². The van der Waals surface area contributed by atoms with Crippen LogP contribution in [0, 0.1) is 5.92 Å². The topological polar surface area (TPSA) is 53.0 Å². The fraction of sp³-hybridized carbons (Fsp3) is 0.615. The molecule has 0 aliphatic carbocycles. The number of aliphatic imine (C=N–C) groups is 1.